The Labute approximate surface area is 126 Å². The Morgan fingerprint density at radius 3 is 2.76 bits per heavy atom. The summed E-state index contributed by atoms with van der Waals surface area (Å²) < 4.78 is 32.4. The van der Waals surface area contributed by atoms with Gasteiger partial charge in [0.15, 0.2) is 0 Å². The van der Waals surface area contributed by atoms with Crippen LogP contribution in [0.15, 0.2) is 23.1 Å². The van der Waals surface area contributed by atoms with Crippen LogP contribution in [-0.2, 0) is 14.8 Å². The van der Waals surface area contributed by atoms with Gasteiger partial charge in [-0.3, -0.25) is 0 Å². The van der Waals surface area contributed by atoms with Crippen molar-refractivity contribution >= 4 is 10.0 Å². The molecule has 6 heteroatoms. The minimum absolute atomic E-state index is 0.0146. The van der Waals surface area contributed by atoms with Gasteiger partial charge in [-0.2, -0.15) is 9.57 Å². The highest BCUT2D eigenvalue weighted by Crippen LogP contribution is 2.21. The van der Waals surface area contributed by atoms with Crippen LogP contribution in [0.3, 0.4) is 0 Å². The lowest BCUT2D eigenvalue weighted by molar-refractivity contribution is 0.0947. The van der Waals surface area contributed by atoms with Crippen LogP contribution in [0.5, 0.6) is 0 Å². The highest BCUT2D eigenvalue weighted by molar-refractivity contribution is 7.89. The number of aryl methyl sites for hydroxylation is 1. The van der Waals surface area contributed by atoms with Gasteiger partial charge in [-0.05, 0) is 43.5 Å². The molecule has 0 radical (unpaired) electrons. The molecule has 0 amide bonds. The van der Waals surface area contributed by atoms with Crippen LogP contribution in [-0.4, -0.2) is 38.5 Å². The number of rotatable bonds is 5. The van der Waals surface area contributed by atoms with E-state index >= 15 is 0 Å². The summed E-state index contributed by atoms with van der Waals surface area (Å²) in [5.74, 6) is 0. The van der Waals surface area contributed by atoms with E-state index in [-0.39, 0.29) is 11.0 Å². The van der Waals surface area contributed by atoms with Gasteiger partial charge in [0.25, 0.3) is 0 Å². The van der Waals surface area contributed by atoms with Crippen LogP contribution in [0.1, 0.15) is 30.9 Å². The van der Waals surface area contributed by atoms with Crippen molar-refractivity contribution in [1.29, 1.82) is 5.26 Å². The van der Waals surface area contributed by atoms with E-state index in [2.05, 4.69) is 0 Å². The highest BCUT2D eigenvalue weighted by atomic mass is 32.2. The van der Waals surface area contributed by atoms with E-state index < -0.39 is 10.0 Å². The standard InChI is InChI=1S/C15H20N2O3S/c1-3-17(11-14-5-4-8-20-14)21(18,19)15-7-6-13(10-16)12(2)9-15/h6-7,9,14H,3-5,8,11H2,1-2H3. The quantitative estimate of drug-likeness (QED) is 0.835. The minimum Gasteiger partial charge on any atom is -0.377 e. The van der Waals surface area contributed by atoms with Crippen molar-refractivity contribution in [3.8, 4) is 6.07 Å². The average molecular weight is 308 g/mol. The Morgan fingerprint density at radius 2 is 2.24 bits per heavy atom. The van der Waals surface area contributed by atoms with Crippen LogP contribution in [0.4, 0.5) is 0 Å². The first-order valence-corrected chi connectivity index (χ1v) is 8.55. The Morgan fingerprint density at radius 1 is 1.48 bits per heavy atom. The second kappa shape index (κ2) is 6.56. The van der Waals surface area contributed by atoms with Crippen molar-refractivity contribution < 1.29 is 13.2 Å². The summed E-state index contributed by atoms with van der Waals surface area (Å²) in [5.41, 5.74) is 1.17. The van der Waals surface area contributed by atoms with Gasteiger partial charge < -0.3 is 4.74 Å². The Balaban J connectivity index is 2.26. The summed E-state index contributed by atoms with van der Waals surface area (Å²) in [6, 6.07) is 6.67. The van der Waals surface area contributed by atoms with Crippen molar-refractivity contribution in [1.82, 2.24) is 4.31 Å². The number of hydrogen-bond acceptors (Lipinski definition) is 4. The lowest BCUT2D eigenvalue weighted by Gasteiger charge is -2.23. The molecule has 1 saturated heterocycles. The normalized spacial score (nSPS) is 18.9. The van der Waals surface area contributed by atoms with Gasteiger partial charge >= 0.3 is 0 Å². The molecule has 0 N–H and O–H groups in total. The molecule has 0 aromatic heterocycles. The zero-order chi connectivity index (χ0) is 15.5. The summed E-state index contributed by atoms with van der Waals surface area (Å²) in [4.78, 5) is 0.235. The number of nitriles is 1. The summed E-state index contributed by atoms with van der Waals surface area (Å²) in [5, 5.41) is 8.93. The molecule has 2 rings (SSSR count). The van der Waals surface area contributed by atoms with E-state index in [9.17, 15) is 8.42 Å². The number of sulfonamides is 1. The topological polar surface area (TPSA) is 70.4 Å². The molecule has 0 aliphatic carbocycles. The Bertz CT molecular complexity index is 643. The Hall–Kier alpha value is -1.42. The van der Waals surface area contributed by atoms with Crippen LogP contribution in [0.2, 0.25) is 0 Å². The zero-order valence-corrected chi connectivity index (χ0v) is 13.2. The molecule has 1 heterocycles. The monoisotopic (exact) mass is 308 g/mol. The van der Waals surface area contributed by atoms with Crippen molar-refractivity contribution in [2.24, 2.45) is 0 Å². The predicted molar refractivity (Wildman–Crippen MR) is 79.3 cm³/mol. The fourth-order valence-corrected chi connectivity index (χ4v) is 4.05. The van der Waals surface area contributed by atoms with Crippen LogP contribution >= 0.6 is 0 Å². The molecule has 21 heavy (non-hydrogen) atoms. The van der Waals surface area contributed by atoms with E-state index in [4.69, 9.17) is 10.00 Å². The van der Waals surface area contributed by atoms with Gasteiger partial charge in [0.05, 0.1) is 22.6 Å². The van der Waals surface area contributed by atoms with Gasteiger partial charge in [0.1, 0.15) is 0 Å². The Kier molecular flexibility index (Phi) is 4.99. The maximum absolute atomic E-state index is 12.7. The van der Waals surface area contributed by atoms with E-state index in [1.54, 1.807) is 19.1 Å². The molecule has 1 aromatic carbocycles. The number of ether oxygens (including phenoxy) is 1. The first-order chi connectivity index (χ1) is 9.98. The van der Waals surface area contributed by atoms with E-state index in [0.717, 1.165) is 12.8 Å². The number of hydrogen-bond donors (Lipinski definition) is 0. The third-order valence-electron chi connectivity index (χ3n) is 3.74. The zero-order valence-electron chi connectivity index (χ0n) is 12.4. The fraction of sp³-hybridized carbons (Fsp3) is 0.533. The second-order valence-corrected chi connectivity index (χ2v) is 7.12. The first kappa shape index (κ1) is 16.0. The molecular weight excluding hydrogens is 288 g/mol. The molecule has 1 unspecified atom stereocenters. The summed E-state index contributed by atoms with van der Waals surface area (Å²) in [6.45, 7) is 5.06. The van der Waals surface area contributed by atoms with Crippen molar-refractivity contribution in [2.45, 2.75) is 37.7 Å². The molecular formula is C15H20N2O3S. The van der Waals surface area contributed by atoms with Gasteiger partial charge in [-0.1, -0.05) is 6.92 Å². The lowest BCUT2D eigenvalue weighted by atomic mass is 10.1. The lowest BCUT2D eigenvalue weighted by Crippen LogP contribution is -2.37. The van der Waals surface area contributed by atoms with E-state index in [1.165, 1.54) is 10.4 Å². The van der Waals surface area contributed by atoms with Gasteiger partial charge in [0, 0.05) is 19.7 Å². The SMILES string of the molecule is CCN(CC1CCCO1)S(=O)(=O)c1ccc(C#N)c(C)c1. The molecule has 1 fully saturated rings. The largest absolute Gasteiger partial charge is 0.377 e. The summed E-state index contributed by atoms with van der Waals surface area (Å²) in [6.07, 6.45) is 1.87. The summed E-state index contributed by atoms with van der Waals surface area (Å²) in [7, 11) is -3.54. The van der Waals surface area contributed by atoms with E-state index in [1.807, 2.05) is 13.0 Å². The number of nitrogens with zero attached hydrogens (tertiary/aromatic N) is 2. The molecule has 1 aliphatic heterocycles. The third-order valence-corrected chi connectivity index (χ3v) is 5.68. The maximum Gasteiger partial charge on any atom is 0.243 e. The smallest absolute Gasteiger partial charge is 0.243 e. The molecule has 1 atom stereocenters. The van der Waals surface area contributed by atoms with Gasteiger partial charge in [0.2, 0.25) is 10.0 Å². The van der Waals surface area contributed by atoms with E-state index in [0.29, 0.717) is 30.8 Å². The molecule has 0 saturated carbocycles. The van der Waals surface area contributed by atoms with Crippen LogP contribution < -0.4 is 0 Å². The predicted octanol–water partition coefficient (Wildman–Crippen LogP) is 2.06. The van der Waals surface area contributed by atoms with Crippen molar-refractivity contribution in [3.05, 3.63) is 29.3 Å². The maximum atomic E-state index is 12.7. The minimum atomic E-state index is -3.54. The molecule has 114 valence electrons. The highest BCUT2D eigenvalue weighted by Gasteiger charge is 2.28. The first-order valence-electron chi connectivity index (χ1n) is 7.11. The van der Waals surface area contributed by atoms with Crippen molar-refractivity contribution in [3.63, 3.8) is 0 Å². The van der Waals surface area contributed by atoms with Crippen molar-refractivity contribution in [2.75, 3.05) is 19.7 Å². The molecule has 0 bridgehead atoms. The van der Waals surface area contributed by atoms with Gasteiger partial charge in [-0.25, -0.2) is 8.42 Å². The molecule has 1 aromatic rings. The average Bonchev–Trinajstić information content (AvgIpc) is 2.97. The van der Waals surface area contributed by atoms with Gasteiger partial charge in [-0.15, -0.1) is 0 Å². The molecule has 5 nitrogen and oxygen atoms in total. The second-order valence-electron chi connectivity index (χ2n) is 5.18. The number of likely N-dealkylation sites (N-methyl/N-ethyl adjacent to an activating group) is 1. The third kappa shape index (κ3) is 3.43. The fourth-order valence-electron chi connectivity index (χ4n) is 2.48. The van der Waals surface area contributed by atoms with Crippen LogP contribution in [0.25, 0.3) is 0 Å². The van der Waals surface area contributed by atoms with Crippen LogP contribution in [0, 0.1) is 18.3 Å². The number of benzene rings is 1. The summed E-state index contributed by atoms with van der Waals surface area (Å²) >= 11 is 0. The molecule has 1 aliphatic rings. The molecule has 0 spiro atoms.